The first kappa shape index (κ1) is 17.2. The predicted molar refractivity (Wildman–Crippen MR) is 99.9 cm³/mol. The summed E-state index contributed by atoms with van der Waals surface area (Å²) < 4.78 is 0. The Balaban J connectivity index is 2.18. The van der Waals surface area contributed by atoms with E-state index < -0.39 is 6.04 Å². The summed E-state index contributed by atoms with van der Waals surface area (Å²) in [6.45, 7) is 3.79. The van der Waals surface area contributed by atoms with Gasteiger partial charge in [-0.15, -0.1) is 0 Å². The molecule has 1 amide bonds. The molecule has 1 aromatic heterocycles. The number of nitrogens with zero attached hydrogens (tertiary/aromatic N) is 1. The molecule has 1 atom stereocenters. The number of aryl methyl sites for hydroxylation is 1. The van der Waals surface area contributed by atoms with Crippen molar-refractivity contribution in [3.63, 3.8) is 0 Å². The Morgan fingerprint density at radius 2 is 2.00 bits per heavy atom. The zero-order valence-corrected chi connectivity index (χ0v) is 14.8. The first-order chi connectivity index (χ1) is 12.0. The summed E-state index contributed by atoms with van der Waals surface area (Å²) in [4.78, 5) is 16.3. The Hall–Kier alpha value is -2.59. The van der Waals surface area contributed by atoms with E-state index in [1.54, 1.807) is 31.3 Å². The van der Waals surface area contributed by atoms with Crippen LogP contribution in [0.4, 0.5) is 0 Å². The number of phenols is 1. The molecule has 2 N–H and O–H groups in total. The van der Waals surface area contributed by atoms with Crippen molar-refractivity contribution < 1.29 is 9.90 Å². The lowest BCUT2D eigenvalue weighted by Crippen LogP contribution is -2.28. The molecule has 3 aromatic rings. The van der Waals surface area contributed by atoms with Crippen LogP contribution in [0, 0.1) is 6.92 Å². The van der Waals surface area contributed by atoms with E-state index in [2.05, 4.69) is 10.3 Å². The molecular formula is C20H19ClN2O2. The van der Waals surface area contributed by atoms with Gasteiger partial charge in [-0.1, -0.05) is 48.4 Å². The molecular weight excluding hydrogens is 336 g/mol. The molecule has 5 heteroatoms. The highest BCUT2D eigenvalue weighted by Gasteiger charge is 2.22. The highest BCUT2D eigenvalue weighted by molar-refractivity contribution is 6.35. The van der Waals surface area contributed by atoms with Gasteiger partial charge >= 0.3 is 0 Å². The number of aromatic hydroxyl groups is 1. The lowest BCUT2D eigenvalue weighted by atomic mass is 9.95. The van der Waals surface area contributed by atoms with Crippen LogP contribution in [0.1, 0.15) is 36.1 Å². The minimum absolute atomic E-state index is 0.0296. The van der Waals surface area contributed by atoms with E-state index >= 15 is 0 Å². The molecule has 3 rings (SSSR count). The largest absolute Gasteiger partial charge is 0.505 e. The number of rotatable bonds is 4. The van der Waals surface area contributed by atoms with Crippen molar-refractivity contribution in [3.05, 3.63) is 70.4 Å². The van der Waals surface area contributed by atoms with Crippen LogP contribution in [0.2, 0.25) is 5.02 Å². The van der Waals surface area contributed by atoms with Gasteiger partial charge in [0.05, 0.1) is 11.1 Å². The summed E-state index contributed by atoms with van der Waals surface area (Å²) in [5.41, 5.74) is 2.94. The summed E-state index contributed by atoms with van der Waals surface area (Å²) in [7, 11) is 0. The van der Waals surface area contributed by atoms with Crippen LogP contribution in [-0.2, 0) is 4.79 Å². The zero-order chi connectivity index (χ0) is 18.0. The molecule has 128 valence electrons. The summed E-state index contributed by atoms with van der Waals surface area (Å²) >= 11 is 6.40. The average molecular weight is 355 g/mol. The average Bonchev–Trinajstić information content (AvgIpc) is 2.63. The first-order valence-electron chi connectivity index (χ1n) is 8.13. The van der Waals surface area contributed by atoms with Crippen LogP contribution >= 0.6 is 11.6 Å². The Morgan fingerprint density at radius 3 is 2.68 bits per heavy atom. The highest BCUT2D eigenvalue weighted by Crippen LogP contribution is 2.38. The third-order valence-electron chi connectivity index (χ3n) is 4.19. The third-order valence-corrected chi connectivity index (χ3v) is 4.51. The van der Waals surface area contributed by atoms with E-state index in [0.717, 1.165) is 11.1 Å². The Labute approximate surface area is 151 Å². The molecule has 0 bridgehead atoms. The molecule has 0 spiro atoms. The van der Waals surface area contributed by atoms with Crippen molar-refractivity contribution in [2.75, 3.05) is 0 Å². The molecule has 0 aliphatic carbocycles. The number of hydrogen-bond donors (Lipinski definition) is 2. The standard InChI is InChI=1S/C20H19ClN2O2/c1-3-17(24)23-18(13-8-6-12(2)7-9-13)15-11-16(21)14-5-4-10-22-19(14)20(15)25/h4-11,18,25H,3H2,1-2H3,(H,23,24). The van der Waals surface area contributed by atoms with E-state index in [9.17, 15) is 9.90 Å². The molecule has 1 unspecified atom stereocenters. The number of carbonyl (C=O) groups excluding carboxylic acids is 1. The van der Waals surface area contributed by atoms with E-state index in [-0.39, 0.29) is 11.7 Å². The van der Waals surface area contributed by atoms with Gasteiger partial charge in [-0.05, 0) is 30.7 Å². The Bertz CT molecular complexity index is 923. The molecule has 1 heterocycles. The predicted octanol–water partition coefficient (Wildman–Crippen LogP) is 4.52. The summed E-state index contributed by atoms with van der Waals surface area (Å²) in [6, 6.07) is 12.6. The Morgan fingerprint density at radius 1 is 1.28 bits per heavy atom. The van der Waals surface area contributed by atoms with Crippen LogP contribution in [0.3, 0.4) is 0 Å². The fraction of sp³-hybridized carbons (Fsp3) is 0.200. The van der Waals surface area contributed by atoms with Gasteiger partial charge in [0.25, 0.3) is 0 Å². The number of carbonyl (C=O) groups is 1. The minimum atomic E-state index is -0.503. The van der Waals surface area contributed by atoms with E-state index in [4.69, 9.17) is 11.6 Å². The van der Waals surface area contributed by atoms with Gasteiger partial charge in [-0.3, -0.25) is 9.78 Å². The number of nitrogens with one attached hydrogen (secondary N) is 1. The van der Waals surface area contributed by atoms with Gasteiger partial charge in [0, 0.05) is 23.6 Å². The van der Waals surface area contributed by atoms with Crippen LogP contribution in [0.5, 0.6) is 5.75 Å². The van der Waals surface area contributed by atoms with Crippen LogP contribution in [-0.4, -0.2) is 16.0 Å². The second-order valence-electron chi connectivity index (χ2n) is 5.96. The van der Waals surface area contributed by atoms with Crippen molar-refractivity contribution in [2.45, 2.75) is 26.3 Å². The smallest absolute Gasteiger partial charge is 0.220 e. The van der Waals surface area contributed by atoms with Gasteiger partial charge in [0.2, 0.25) is 5.91 Å². The molecule has 4 nitrogen and oxygen atoms in total. The molecule has 25 heavy (non-hydrogen) atoms. The van der Waals surface area contributed by atoms with Gasteiger partial charge in [0.1, 0.15) is 11.3 Å². The molecule has 0 aliphatic heterocycles. The maximum absolute atomic E-state index is 12.1. The van der Waals surface area contributed by atoms with Gasteiger partial charge in [-0.25, -0.2) is 0 Å². The van der Waals surface area contributed by atoms with Crippen molar-refractivity contribution >= 4 is 28.4 Å². The second-order valence-corrected chi connectivity index (χ2v) is 6.37. The molecule has 0 aliphatic rings. The molecule has 0 radical (unpaired) electrons. The van der Waals surface area contributed by atoms with Crippen molar-refractivity contribution in [2.24, 2.45) is 0 Å². The third kappa shape index (κ3) is 3.44. The quantitative estimate of drug-likeness (QED) is 0.724. The van der Waals surface area contributed by atoms with E-state index in [1.807, 2.05) is 31.2 Å². The van der Waals surface area contributed by atoms with E-state index in [0.29, 0.717) is 27.9 Å². The topological polar surface area (TPSA) is 62.2 Å². The van der Waals surface area contributed by atoms with Crippen LogP contribution in [0.25, 0.3) is 10.9 Å². The lowest BCUT2D eigenvalue weighted by molar-refractivity contribution is -0.121. The minimum Gasteiger partial charge on any atom is -0.505 e. The second kappa shape index (κ2) is 7.11. The number of aromatic nitrogens is 1. The molecule has 0 saturated heterocycles. The van der Waals surface area contributed by atoms with Gasteiger partial charge in [0.15, 0.2) is 0 Å². The highest BCUT2D eigenvalue weighted by atomic mass is 35.5. The maximum atomic E-state index is 12.1. The molecule has 0 fully saturated rings. The number of amides is 1. The lowest BCUT2D eigenvalue weighted by Gasteiger charge is -2.22. The first-order valence-corrected chi connectivity index (χ1v) is 8.51. The summed E-state index contributed by atoms with van der Waals surface area (Å²) in [5.74, 6) is -0.0795. The zero-order valence-electron chi connectivity index (χ0n) is 14.1. The van der Waals surface area contributed by atoms with Gasteiger partial charge < -0.3 is 10.4 Å². The SMILES string of the molecule is CCC(=O)NC(c1ccc(C)cc1)c1cc(Cl)c2cccnc2c1O. The monoisotopic (exact) mass is 354 g/mol. The van der Waals surface area contributed by atoms with Gasteiger partial charge in [-0.2, -0.15) is 0 Å². The Kier molecular flexibility index (Phi) is 4.91. The molecule has 2 aromatic carbocycles. The number of benzene rings is 2. The number of fused-ring (bicyclic) bond motifs is 1. The van der Waals surface area contributed by atoms with Crippen LogP contribution < -0.4 is 5.32 Å². The number of hydrogen-bond acceptors (Lipinski definition) is 3. The maximum Gasteiger partial charge on any atom is 0.220 e. The van der Waals surface area contributed by atoms with E-state index in [1.165, 1.54) is 0 Å². The summed E-state index contributed by atoms with van der Waals surface area (Å²) in [6.07, 6.45) is 1.95. The fourth-order valence-corrected chi connectivity index (χ4v) is 3.06. The van der Waals surface area contributed by atoms with Crippen molar-refractivity contribution in [1.29, 1.82) is 0 Å². The molecule has 0 saturated carbocycles. The van der Waals surface area contributed by atoms with Crippen LogP contribution in [0.15, 0.2) is 48.7 Å². The summed E-state index contributed by atoms with van der Waals surface area (Å²) in [5, 5.41) is 14.9. The number of phenolic OH excluding ortho intramolecular Hbond substituents is 1. The number of halogens is 1. The fourth-order valence-electron chi connectivity index (χ4n) is 2.79. The van der Waals surface area contributed by atoms with Crippen molar-refractivity contribution in [1.82, 2.24) is 10.3 Å². The normalized spacial score (nSPS) is 12.1. The number of pyridine rings is 1. The van der Waals surface area contributed by atoms with Crippen molar-refractivity contribution in [3.8, 4) is 5.75 Å².